The van der Waals surface area contributed by atoms with E-state index >= 15 is 0 Å². The number of rotatable bonds is 3. The lowest BCUT2D eigenvalue weighted by molar-refractivity contribution is 0.561. The molecule has 15 heavy (non-hydrogen) atoms. The first-order chi connectivity index (χ1) is 7.18. The van der Waals surface area contributed by atoms with Gasteiger partial charge in [0.2, 0.25) is 0 Å². The number of fused-ring (bicyclic) bond motifs is 1. The summed E-state index contributed by atoms with van der Waals surface area (Å²) in [4.78, 5) is 0. The minimum atomic E-state index is 0.480. The summed E-state index contributed by atoms with van der Waals surface area (Å²) < 4.78 is 4.41. The molecule has 0 aliphatic heterocycles. The van der Waals surface area contributed by atoms with Crippen molar-refractivity contribution in [1.82, 2.24) is 4.37 Å². The topological polar surface area (TPSA) is 24.9 Å². The van der Waals surface area contributed by atoms with Crippen molar-refractivity contribution in [1.29, 1.82) is 0 Å². The Balaban J connectivity index is 2.29. The average Bonchev–Trinajstić information content (AvgIpc) is 2.62. The predicted octanol–water partition coefficient (Wildman–Crippen LogP) is 3.75. The van der Waals surface area contributed by atoms with E-state index in [0.29, 0.717) is 12.0 Å². The van der Waals surface area contributed by atoms with E-state index in [9.17, 15) is 0 Å². The van der Waals surface area contributed by atoms with Gasteiger partial charge in [-0.2, -0.15) is 4.37 Å². The van der Waals surface area contributed by atoms with Gasteiger partial charge in [0, 0.05) is 11.4 Å². The number of anilines is 1. The first kappa shape index (κ1) is 10.4. The van der Waals surface area contributed by atoms with Crippen molar-refractivity contribution in [2.75, 3.05) is 5.32 Å². The molecule has 0 radical (unpaired) electrons. The van der Waals surface area contributed by atoms with Crippen LogP contribution in [-0.2, 0) is 0 Å². The van der Waals surface area contributed by atoms with Crippen LogP contribution in [-0.4, -0.2) is 10.4 Å². The molecule has 0 spiro atoms. The molecule has 0 aliphatic rings. The molecule has 2 nitrogen and oxygen atoms in total. The van der Waals surface area contributed by atoms with Crippen LogP contribution in [0.25, 0.3) is 10.9 Å². The highest BCUT2D eigenvalue weighted by molar-refractivity contribution is 7.11. The van der Waals surface area contributed by atoms with E-state index in [-0.39, 0.29) is 0 Å². The summed E-state index contributed by atoms with van der Waals surface area (Å²) in [6.07, 6.45) is 0. The Morgan fingerprint density at radius 2 is 1.93 bits per heavy atom. The highest BCUT2D eigenvalue weighted by atomic mass is 32.1. The Morgan fingerprint density at radius 1 is 1.20 bits per heavy atom. The van der Waals surface area contributed by atoms with Crippen LogP contribution in [0.3, 0.4) is 0 Å². The van der Waals surface area contributed by atoms with Crippen LogP contribution < -0.4 is 5.32 Å². The van der Waals surface area contributed by atoms with Gasteiger partial charge in [-0.25, -0.2) is 0 Å². The zero-order valence-electron chi connectivity index (χ0n) is 9.32. The molecule has 1 atom stereocenters. The minimum Gasteiger partial charge on any atom is -0.372 e. The molecule has 1 aromatic heterocycles. The lowest BCUT2D eigenvalue weighted by Crippen LogP contribution is -2.20. The molecule has 3 heteroatoms. The molecule has 2 aromatic rings. The van der Waals surface area contributed by atoms with Crippen molar-refractivity contribution in [3.8, 4) is 0 Å². The van der Waals surface area contributed by atoms with E-state index in [4.69, 9.17) is 0 Å². The molecule has 0 bridgehead atoms. The Morgan fingerprint density at radius 3 is 2.67 bits per heavy atom. The number of aromatic nitrogens is 1. The molecule has 2 rings (SSSR count). The van der Waals surface area contributed by atoms with E-state index in [1.807, 2.05) is 6.07 Å². The molecule has 1 unspecified atom stereocenters. The summed E-state index contributed by atoms with van der Waals surface area (Å²) in [7, 11) is 0. The van der Waals surface area contributed by atoms with E-state index < -0.39 is 0 Å². The summed E-state index contributed by atoms with van der Waals surface area (Å²) in [5, 5.41) is 5.94. The second kappa shape index (κ2) is 4.19. The van der Waals surface area contributed by atoms with Crippen molar-refractivity contribution in [2.45, 2.75) is 26.8 Å². The smallest absolute Gasteiger partial charge is 0.117 e. The van der Waals surface area contributed by atoms with Crippen LogP contribution in [0.15, 0.2) is 24.3 Å². The molecule has 0 fully saturated rings. The fourth-order valence-electron chi connectivity index (χ4n) is 1.37. The molecular weight excluding hydrogens is 204 g/mol. The van der Waals surface area contributed by atoms with Gasteiger partial charge in [0.15, 0.2) is 0 Å². The maximum Gasteiger partial charge on any atom is 0.117 e. The number of hydrogen-bond donors (Lipinski definition) is 1. The first-order valence-electron chi connectivity index (χ1n) is 5.29. The zero-order chi connectivity index (χ0) is 10.8. The zero-order valence-corrected chi connectivity index (χ0v) is 10.1. The van der Waals surface area contributed by atoms with E-state index in [0.717, 1.165) is 5.52 Å². The maximum absolute atomic E-state index is 4.41. The van der Waals surface area contributed by atoms with Crippen LogP contribution in [0, 0.1) is 5.92 Å². The van der Waals surface area contributed by atoms with Crippen molar-refractivity contribution < 1.29 is 0 Å². The molecule has 0 amide bonds. The summed E-state index contributed by atoms with van der Waals surface area (Å²) in [6.45, 7) is 6.65. The van der Waals surface area contributed by atoms with Gasteiger partial charge < -0.3 is 5.32 Å². The normalized spacial score (nSPS) is 13.3. The van der Waals surface area contributed by atoms with Crippen LogP contribution >= 0.6 is 11.5 Å². The van der Waals surface area contributed by atoms with Gasteiger partial charge in [0.25, 0.3) is 0 Å². The number of benzene rings is 1. The van der Waals surface area contributed by atoms with Crippen LogP contribution in [0.4, 0.5) is 5.00 Å². The highest BCUT2D eigenvalue weighted by Crippen LogP contribution is 2.28. The molecule has 1 aromatic carbocycles. The number of hydrogen-bond acceptors (Lipinski definition) is 3. The van der Waals surface area contributed by atoms with Crippen LogP contribution in [0.2, 0.25) is 0 Å². The second-order valence-electron chi connectivity index (χ2n) is 4.21. The van der Waals surface area contributed by atoms with Crippen LogP contribution in [0.1, 0.15) is 20.8 Å². The highest BCUT2D eigenvalue weighted by Gasteiger charge is 2.10. The van der Waals surface area contributed by atoms with Crippen molar-refractivity contribution in [3.63, 3.8) is 0 Å². The fourth-order valence-corrected chi connectivity index (χ4v) is 2.23. The Hall–Kier alpha value is -1.09. The van der Waals surface area contributed by atoms with Gasteiger partial charge in [-0.1, -0.05) is 26.0 Å². The van der Waals surface area contributed by atoms with Crippen molar-refractivity contribution in [3.05, 3.63) is 24.3 Å². The largest absolute Gasteiger partial charge is 0.372 e. The second-order valence-corrected chi connectivity index (χ2v) is 4.98. The molecular formula is C12H16N2S. The van der Waals surface area contributed by atoms with Crippen molar-refractivity contribution in [2.24, 2.45) is 5.92 Å². The van der Waals surface area contributed by atoms with Gasteiger partial charge in [-0.3, -0.25) is 0 Å². The molecule has 1 N–H and O–H groups in total. The van der Waals surface area contributed by atoms with Gasteiger partial charge in [0.05, 0.1) is 5.52 Å². The Bertz CT molecular complexity index is 448. The molecule has 0 saturated heterocycles. The lowest BCUT2D eigenvalue weighted by Gasteiger charge is -2.17. The van der Waals surface area contributed by atoms with Crippen molar-refractivity contribution >= 4 is 27.4 Å². The third kappa shape index (κ3) is 2.12. The minimum absolute atomic E-state index is 0.480. The fraction of sp³-hybridized carbons (Fsp3) is 0.417. The third-order valence-electron chi connectivity index (χ3n) is 2.74. The predicted molar refractivity (Wildman–Crippen MR) is 67.5 cm³/mol. The molecule has 1 heterocycles. The lowest BCUT2D eigenvalue weighted by atomic mass is 10.1. The van der Waals surface area contributed by atoms with E-state index in [1.54, 1.807) is 11.5 Å². The summed E-state index contributed by atoms with van der Waals surface area (Å²) in [5.74, 6) is 0.630. The standard InChI is InChI=1S/C12H16N2S/c1-8(2)9(3)13-12-10-6-4-5-7-11(10)14-15-12/h4-9,13H,1-3H3. The summed E-state index contributed by atoms with van der Waals surface area (Å²) in [6, 6.07) is 8.74. The SMILES string of the molecule is CC(C)C(C)Nc1snc2ccccc12. The van der Waals surface area contributed by atoms with Gasteiger partial charge in [-0.15, -0.1) is 0 Å². The molecule has 0 aliphatic carbocycles. The Kier molecular flexibility index (Phi) is 2.91. The Labute approximate surface area is 94.5 Å². The maximum atomic E-state index is 4.41. The third-order valence-corrected chi connectivity index (χ3v) is 3.55. The van der Waals surface area contributed by atoms with Gasteiger partial charge in [-0.05, 0) is 36.5 Å². The van der Waals surface area contributed by atoms with E-state index in [1.165, 1.54) is 10.4 Å². The molecule has 80 valence electrons. The van der Waals surface area contributed by atoms with Gasteiger partial charge in [0.1, 0.15) is 5.00 Å². The average molecular weight is 220 g/mol. The first-order valence-corrected chi connectivity index (χ1v) is 6.07. The monoisotopic (exact) mass is 220 g/mol. The summed E-state index contributed by atoms with van der Waals surface area (Å²) in [5.41, 5.74) is 1.08. The quantitative estimate of drug-likeness (QED) is 0.852. The van der Waals surface area contributed by atoms with E-state index in [2.05, 4.69) is 48.7 Å². The summed E-state index contributed by atoms with van der Waals surface area (Å²) >= 11 is 1.55. The number of nitrogens with zero attached hydrogens (tertiary/aromatic N) is 1. The van der Waals surface area contributed by atoms with Gasteiger partial charge >= 0.3 is 0 Å². The number of nitrogens with one attached hydrogen (secondary N) is 1. The van der Waals surface area contributed by atoms with Crippen LogP contribution in [0.5, 0.6) is 0 Å². The molecule has 0 saturated carbocycles.